The fourth-order valence-corrected chi connectivity index (χ4v) is 1.94. The predicted octanol–water partition coefficient (Wildman–Crippen LogP) is 3.91. The van der Waals surface area contributed by atoms with Crippen molar-refractivity contribution in [3.63, 3.8) is 0 Å². The van der Waals surface area contributed by atoms with E-state index in [1.165, 1.54) is 44.2 Å². The predicted molar refractivity (Wildman–Crippen MR) is 69.8 cm³/mol. The van der Waals surface area contributed by atoms with Gasteiger partial charge in [0.25, 0.3) is 0 Å². The Labute approximate surface area is 114 Å². The van der Waals surface area contributed by atoms with E-state index < -0.39 is 17.2 Å². The van der Waals surface area contributed by atoms with Gasteiger partial charge >= 0.3 is 0 Å². The Balaban J connectivity index is 2.64. The third-order valence-corrected chi connectivity index (χ3v) is 2.90. The van der Waals surface area contributed by atoms with E-state index in [1.54, 1.807) is 0 Å². The molecule has 0 aliphatic carbocycles. The van der Waals surface area contributed by atoms with Crippen LogP contribution in [0.1, 0.15) is 19.4 Å². The third-order valence-electron chi connectivity index (χ3n) is 2.70. The lowest BCUT2D eigenvalue weighted by atomic mass is 9.96. The van der Waals surface area contributed by atoms with E-state index in [4.69, 9.17) is 11.6 Å². The molecule has 0 aliphatic rings. The highest BCUT2D eigenvalue weighted by molar-refractivity contribution is 6.29. The number of rotatable bonds is 2. The van der Waals surface area contributed by atoms with Crippen molar-refractivity contribution in [3.05, 3.63) is 52.7 Å². The van der Waals surface area contributed by atoms with Gasteiger partial charge in [0.2, 0.25) is 0 Å². The summed E-state index contributed by atoms with van der Waals surface area (Å²) in [5.74, 6) is -1.09. The summed E-state index contributed by atoms with van der Waals surface area (Å²) in [7, 11) is 0. The zero-order valence-corrected chi connectivity index (χ0v) is 11.2. The zero-order valence-electron chi connectivity index (χ0n) is 10.4. The summed E-state index contributed by atoms with van der Waals surface area (Å²) >= 11 is 5.85. The van der Waals surface area contributed by atoms with Gasteiger partial charge in [-0.25, -0.2) is 13.8 Å². The van der Waals surface area contributed by atoms with Crippen LogP contribution >= 0.6 is 11.6 Å². The highest BCUT2D eigenvalue weighted by atomic mass is 35.5. The first-order chi connectivity index (χ1) is 8.79. The summed E-state index contributed by atoms with van der Waals surface area (Å²) in [6, 6.07) is 6.52. The summed E-state index contributed by atoms with van der Waals surface area (Å²) < 4.78 is 27.2. The first-order valence-corrected chi connectivity index (χ1v) is 6.01. The van der Waals surface area contributed by atoms with Gasteiger partial charge in [-0.3, -0.25) is 0 Å². The second kappa shape index (κ2) is 4.87. The highest BCUT2D eigenvalue weighted by Gasteiger charge is 2.24. The van der Waals surface area contributed by atoms with Crippen molar-refractivity contribution in [1.82, 2.24) is 4.98 Å². The van der Waals surface area contributed by atoms with Gasteiger partial charge in [-0.2, -0.15) is 0 Å². The number of benzene rings is 1. The molecule has 1 heterocycles. The Bertz CT molecular complexity index is 606. The fraction of sp³-hybridized carbons (Fsp3) is 0.214. The average Bonchev–Trinajstić information content (AvgIpc) is 2.31. The number of hydrogen-bond donors (Lipinski definition) is 1. The minimum atomic E-state index is -1.38. The van der Waals surface area contributed by atoms with E-state index in [0.717, 1.165) is 0 Å². The molecule has 2 nitrogen and oxygen atoms in total. The third kappa shape index (κ3) is 2.91. The normalized spacial score (nSPS) is 11.7. The van der Waals surface area contributed by atoms with Crippen LogP contribution < -0.4 is 0 Å². The van der Waals surface area contributed by atoms with E-state index >= 15 is 0 Å². The summed E-state index contributed by atoms with van der Waals surface area (Å²) in [5, 5.41) is 9.99. The summed E-state index contributed by atoms with van der Waals surface area (Å²) in [6.45, 7) is 2.91. The van der Waals surface area contributed by atoms with Crippen LogP contribution in [-0.2, 0) is 5.60 Å². The van der Waals surface area contributed by atoms with Crippen LogP contribution in [-0.4, -0.2) is 10.1 Å². The quantitative estimate of drug-likeness (QED) is 0.848. The second-order valence-corrected chi connectivity index (χ2v) is 5.11. The molecule has 0 atom stereocenters. The Morgan fingerprint density at radius 1 is 1.16 bits per heavy atom. The standard InChI is InChI=1S/C14H12ClF2NO/c1-14(2,19)10-7-11(15)18-13(12(10)17)8-3-5-9(16)6-4-8/h3-7,19H,1-2H3. The van der Waals surface area contributed by atoms with Crippen LogP contribution in [0, 0.1) is 11.6 Å². The number of aliphatic hydroxyl groups is 1. The number of hydrogen-bond acceptors (Lipinski definition) is 2. The van der Waals surface area contributed by atoms with E-state index in [2.05, 4.69) is 4.98 Å². The molecule has 0 aliphatic heterocycles. The molecule has 19 heavy (non-hydrogen) atoms. The maximum Gasteiger partial charge on any atom is 0.155 e. The van der Waals surface area contributed by atoms with Gasteiger partial charge in [-0.15, -0.1) is 0 Å². The molecule has 2 aromatic rings. The maximum atomic E-state index is 14.4. The largest absolute Gasteiger partial charge is 0.386 e. The van der Waals surface area contributed by atoms with Gasteiger partial charge in [-0.05, 0) is 44.2 Å². The van der Waals surface area contributed by atoms with Crippen molar-refractivity contribution in [1.29, 1.82) is 0 Å². The van der Waals surface area contributed by atoms with Gasteiger partial charge in [-0.1, -0.05) is 11.6 Å². The molecule has 1 N–H and O–H groups in total. The first-order valence-electron chi connectivity index (χ1n) is 5.64. The van der Waals surface area contributed by atoms with Crippen LogP contribution in [0.4, 0.5) is 8.78 Å². The molecule has 0 spiro atoms. The molecule has 1 aromatic carbocycles. The van der Waals surface area contributed by atoms with Gasteiger partial charge in [0.05, 0.1) is 5.60 Å². The van der Waals surface area contributed by atoms with Crippen LogP contribution in [0.15, 0.2) is 30.3 Å². The topological polar surface area (TPSA) is 33.1 Å². The minimum Gasteiger partial charge on any atom is -0.386 e. The molecule has 100 valence electrons. The molecule has 1 aromatic heterocycles. The van der Waals surface area contributed by atoms with Crippen LogP contribution in [0.2, 0.25) is 5.15 Å². The summed E-state index contributed by atoms with van der Waals surface area (Å²) in [4.78, 5) is 3.90. The fourth-order valence-electron chi connectivity index (χ4n) is 1.74. The van der Waals surface area contributed by atoms with Crippen molar-refractivity contribution in [2.75, 3.05) is 0 Å². The van der Waals surface area contributed by atoms with Gasteiger partial charge in [0.1, 0.15) is 16.7 Å². The van der Waals surface area contributed by atoms with Crippen molar-refractivity contribution in [2.45, 2.75) is 19.4 Å². The zero-order chi connectivity index (χ0) is 14.2. The lowest BCUT2D eigenvalue weighted by molar-refractivity contribution is 0.0745. The van der Waals surface area contributed by atoms with Crippen LogP contribution in [0.25, 0.3) is 11.3 Å². The van der Waals surface area contributed by atoms with Crippen molar-refractivity contribution in [2.24, 2.45) is 0 Å². The number of pyridine rings is 1. The van der Waals surface area contributed by atoms with E-state index in [0.29, 0.717) is 5.56 Å². The van der Waals surface area contributed by atoms with E-state index in [9.17, 15) is 13.9 Å². The van der Waals surface area contributed by atoms with E-state index in [1.807, 2.05) is 0 Å². The minimum absolute atomic E-state index is 0.00961. The lowest BCUT2D eigenvalue weighted by Crippen LogP contribution is -2.18. The Morgan fingerprint density at radius 2 is 1.74 bits per heavy atom. The molecule has 0 fully saturated rings. The summed E-state index contributed by atoms with van der Waals surface area (Å²) in [5.41, 5.74) is -0.950. The SMILES string of the molecule is CC(C)(O)c1cc(Cl)nc(-c2ccc(F)cc2)c1F. The maximum absolute atomic E-state index is 14.4. The molecular weight excluding hydrogens is 272 g/mol. The van der Waals surface area contributed by atoms with Gasteiger partial charge in [0, 0.05) is 11.1 Å². The Hall–Kier alpha value is -1.52. The second-order valence-electron chi connectivity index (χ2n) is 4.72. The van der Waals surface area contributed by atoms with E-state index in [-0.39, 0.29) is 16.4 Å². The Morgan fingerprint density at radius 3 is 2.26 bits per heavy atom. The smallest absolute Gasteiger partial charge is 0.155 e. The van der Waals surface area contributed by atoms with Gasteiger partial charge < -0.3 is 5.11 Å². The molecule has 0 radical (unpaired) electrons. The molecule has 5 heteroatoms. The highest BCUT2D eigenvalue weighted by Crippen LogP contribution is 2.31. The molecule has 0 saturated heterocycles. The average molecular weight is 284 g/mol. The first kappa shape index (κ1) is 13.9. The van der Waals surface area contributed by atoms with Crippen molar-refractivity contribution >= 4 is 11.6 Å². The summed E-state index contributed by atoms with van der Waals surface area (Å²) in [6.07, 6.45) is 0. The molecule has 0 saturated carbocycles. The molecule has 2 rings (SSSR count). The molecule has 0 bridgehead atoms. The molecular formula is C14H12ClF2NO. The Kier molecular flexibility index (Phi) is 3.56. The molecule has 0 unspecified atom stereocenters. The molecule has 0 amide bonds. The number of nitrogens with zero attached hydrogens (tertiary/aromatic N) is 1. The van der Waals surface area contributed by atoms with Crippen molar-refractivity contribution < 1.29 is 13.9 Å². The monoisotopic (exact) mass is 283 g/mol. The lowest BCUT2D eigenvalue weighted by Gasteiger charge is -2.20. The number of halogens is 3. The van der Waals surface area contributed by atoms with Crippen LogP contribution in [0.3, 0.4) is 0 Å². The van der Waals surface area contributed by atoms with Crippen LogP contribution in [0.5, 0.6) is 0 Å². The van der Waals surface area contributed by atoms with Gasteiger partial charge in [0.15, 0.2) is 5.82 Å². The van der Waals surface area contributed by atoms with Crippen molar-refractivity contribution in [3.8, 4) is 11.3 Å². The number of aromatic nitrogens is 1.